The Labute approximate surface area is 182 Å². The van der Waals surface area contributed by atoms with Gasteiger partial charge < -0.3 is 9.72 Å². The largest absolute Gasteiger partial charge is 0.383 e. The quantitative estimate of drug-likeness (QED) is 0.598. The first-order valence-corrected chi connectivity index (χ1v) is 11.2. The van der Waals surface area contributed by atoms with Crippen molar-refractivity contribution in [2.45, 2.75) is 71.6 Å². The third-order valence-corrected chi connectivity index (χ3v) is 6.44. The molecule has 0 atom stereocenters. The van der Waals surface area contributed by atoms with Gasteiger partial charge in [-0.3, -0.25) is 9.69 Å². The lowest BCUT2D eigenvalue weighted by molar-refractivity contribution is 0.131. The van der Waals surface area contributed by atoms with Crippen molar-refractivity contribution in [1.82, 2.24) is 30.1 Å². The monoisotopic (exact) mass is 424 g/mol. The maximum Gasteiger partial charge on any atom is 0.252 e. The van der Waals surface area contributed by atoms with Crippen LogP contribution in [-0.2, 0) is 24.4 Å². The van der Waals surface area contributed by atoms with E-state index in [1.165, 1.54) is 24.8 Å². The van der Waals surface area contributed by atoms with E-state index in [9.17, 15) is 4.79 Å². The highest BCUT2D eigenvalue weighted by Gasteiger charge is 2.24. The van der Waals surface area contributed by atoms with Crippen LogP contribution in [0, 0.1) is 13.8 Å². The average Bonchev–Trinajstić information content (AvgIpc) is 3.23. The molecular weight excluding hydrogens is 392 g/mol. The summed E-state index contributed by atoms with van der Waals surface area (Å²) in [6.45, 7) is 6.50. The highest BCUT2D eigenvalue weighted by atomic mass is 16.5. The van der Waals surface area contributed by atoms with Crippen molar-refractivity contribution >= 4 is 10.9 Å². The molecule has 1 fully saturated rings. The van der Waals surface area contributed by atoms with Crippen molar-refractivity contribution in [2.75, 3.05) is 13.7 Å². The van der Waals surface area contributed by atoms with Gasteiger partial charge in [0.1, 0.15) is 0 Å². The Morgan fingerprint density at radius 2 is 1.94 bits per heavy atom. The number of benzene rings is 1. The number of methoxy groups -OCH3 is 1. The molecule has 0 unspecified atom stereocenters. The van der Waals surface area contributed by atoms with Gasteiger partial charge in [0.05, 0.1) is 25.2 Å². The Morgan fingerprint density at radius 1 is 1.16 bits per heavy atom. The molecule has 0 amide bonds. The van der Waals surface area contributed by atoms with Crippen LogP contribution in [0.4, 0.5) is 0 Å². The molecule has 8 heteroatoms. The maximum absolute atomic E-state index is 13.0. The third kappa shape index (κ3) is 4.85. The molecule has 1 N–H and O–H groups in total. The normalized spacial score (nSPS) is 15.2. The number of nitrogens with one attached hydrogen (secondary N) is 1. The summed E-state index contributed by atoms with van der Waals surface area (Å²) in [5, 5.41) is 13.4. The van der Waals surface area contributed by atoms with Gasteiger partial charge >= 0.3 is 0 Å². The molecule has 1 aliphatic carbocycles. The maximum atomic E-state index is 13.0. The molecule has 31 heavy (non-hydrogen) atoms. The van der Waals surface area contributed by atoms with Crippen molar-refractivity contribution in [3.8, 4) is 0 Å². The Bertz CT molecular complexity index is 1080. The van der Waals surface area contributed by atoms with Crippen molar-refractivity contribution in [3.63, 3.8) is 0 Å². The number of aryl methyl sites for hydroxylation is 2. The number of ether oxygens (including phenoxy) is 1. The fourth-order valence-electron chi connectivity index (χ4n) is 4.58. The van der Waals surface area contributed by atoms with Crippen LogP contribution in [0.15, 0.2) is 23.0 Å². The standard InChI is InChI=1S/C23H32N6O2/c1-16-9-10-17(2)22-20(16)13-18(23(30)24-22)14-28(19-7-5-4-6-8-19)15-21-25-26-27-29(21)11-12-31-3/h9-10,13,19H,4-8,11-12,14-15H2,1-3H3,(H,24,30). The van der Waals surface area contributed by atoms with Crippen LogP contribution < -0.4 is 5.56 Å². The number of hydrogen-bond donors (Lipinski definition) is 1. The molecule has 0 bridgehead atoms. The number of aromatic nitrogens is 5. The van der Waals surface area contributed by atoms with Crippen LogP contribution >= 0.6 is 0 Å². The molecule has 166 valence electrons. The van der Waals surface area contributed by atoms with E-state index in [0.717, 1.165) is 40.7 Å². The molecule has 1 aromatic carbocycles. The summed E-state index contributed by atoms with van der Waals surface area (Å²) in [6.07, 6.45) is 6.02. The highest BCUT2D eigenvalue weighted by Crippen LogP contribution is 2.26. The van der Waals surface area contributed by atoms with E-state index < -0.39 is 0 Å². The fourth-order valence-corrected chi connectivity index (χ4v) is 4.58. The van der Waals surface area contributed by atoms with Gasteiger partial charge in [0.2, 0.25) is 0 Å². The number of hydrogen-bond acceptors (Lipinski definition) is 6. The number of fused-ring (bicyclic) bond motifs is 1. The molecular formula is C23H32N6O2. The summed E-state index contributed by atoms with van der Waals surface area (Å²) in [5.41, 5.74) is 3.97. The Kier molecular flexibility index (Phi) is 6.77. The number of H-pyrrole nitrogens is 1. The second-order valence-electron chi connectivity index (χ2n) is 8.62. The van der Waals surface area contributed by atoms with Gasteiger partial charge in [-0.15, -0.1) is 5.10 Å². The summed E-state index contributed by atoms with van der Waals surface area (Å²) < 4.78 is 6.99. The first-order chi connectivity index (χ1) is 15.1. The summed E-state index contributed by atoms with van der Waals surface area (Å²) in [7, 11) is 1.67. The zero-order valence-electron chi connectivity index (χ0n) is 18.7. The Balaban J connectivity index is 1.65. The van der Waals surface area contributed by atoms with E-state index in [0.29, 0.717) is 32.3 Å². The summed E-state index contributed by atoms with van der Waals surface area (Å²) in [6, 6.07) is 6.67. The highest BCUT2D eigenvalue weighted by molar-refractivity contribution is 5.85. The number of aromatic amines is 1. The molecule has 2 heterocycles. The van der Waals surface area contributed by atoms with Crippen LogP contribution in [0.2, 0.25) is 0 Å². The summed E-state index contributed by atoms with van der Waals surface area (Å²) >= 11 is 0. The Hall–Kier alpha value is -2.58. The minimum atomic E-state index is -0.0130. The first-order valence-electron chi connectivity index (χ1n) is 11.2. The third-order valence-electron chi connectivity index (χ3n) is 6.44. The van der Waals surface area contributed by atoms with Gasteiger partial charge in [0.25, 0.3) is 5.56 Å². The molecule has 0 saturated heterocycles. The second kappa shape index (κ2) is 9.70. The predicted octanol–water partition coefficient (Wildman–Crippen LogP) is 3.11. The van der Waals surface area contributed by atoms with Gasteiger partial charge in [-0.05, 0) is 54.3 Å². The van der Waals surface area contributed by atoms with Gasteiger partial charge in [-0.1, -0.05) is 31.4 Å². The van der Waals surface area contributed by atoms with E-state index in [1.807, 2.05) is 6.92 Å². The van der Waals surface area contributed by atoms with E-state index in [4.69, 9.17) is 4.74 Å². The van der Waals surface area contributed by atoms with Crippen LogP contribution in [0.3, 0.4) is 0 Å². The summed E-state index contributed by atoms with van der Waals surface area (Å²) in [5.74, 6) is 0.812. The van der Waals surface area contributed by atoms with E-state index in [1.54, 1.807) is 11.8 Å². The summed E-state index contributed by atoms with van der Waals surface area (Å²) in [4.78, 5) is 18.5. The molecule has 8 nitrogen and oxygen atoms in total. The lowest BCUT2D eigenvalue weighted by Crippen LogP contribution is -2.38. The molecule has 0 aliphatic heterocycles. The average molecular weight is 425 g/mol. The smallest absolute Gasteiger partial charge is 0.252 e. The molecule has 3 aromatic rings. The molecule has 1 saturated carbocycles. The number of pyridine rings is 1. The van der Waals surface area contributed by atoms with Crippen LogP contribution in [-0.4, -0.2) is 49.8 Å². The van der Waals surface area contributed by atoms with Gasteiger partial charge in [-0.2, -0.15) is 0 Å². The van der Waals surface area contributed by atoms with Crippen LogP contribution in [0.1, 0.15) is 54.6 Å². The number of rotatable bonds is 8. The van der Waals surface area contributed by atoms with E-state index in [2.05, 4.69) is 50.5 Å². The molecule has 4 rings (SSSR count). The van der Waals surface area contributed by atoms with Crippen LogP contribution in [0.25, 0.3) is 10.9 Å². The van der Waals surface area contributed by atoms with Gasteiger partial charge in [-0.25, -0.2) is 4.68 Å². The zero-order valence-corrected chi connectivity index (χ0v) is 18.7. The molecule has 2 aromatic heterocycles. The van der Waals surface area contributed by atoms with Gasteiger partial charge in [0, 0.05) is 30.6 Å². The van der Waals surface area contributed by atoms with Crippen molar-refractivity contribution in [2.24, 2.45) is 0 Å². The van der Waals surface area contributed by atoms with Crippen molar-refractivity contribution in [3.05, 3.63) is 51.1 Å². The van der Waals surface area contributed by atoms with E-state index in [-0.39, 0.29) is 5.56 Å². The lowest BCUT2D eigenvalue weighted by Gasteiger charge is -2.33. The van der Waals surface area contributed by atoms with Crippen molar-refractivity contribution < 1.29 is 4.74 Å². The topological polar surface area (TPSA) is 88.9 Å². The second-order valence-corrected chi connectivity index (χ2v) is 8.62. The fraction of sp³-hybridized carbons (Fsp3) is 0.565. The number of tetrazole rings is 1. The molecule has 1 aliphatic rings. The SMILES string of the molecule is COCCn1nnnc1CN(Cc1cc2c(C)ccc(C)c2[nH]c1=O)C1CCCCC1. The zero-order chi connectivity index (χ0) is 21.8. The minimum Gasteiger partial charge on any atom is -0.383 e. The van der Waals surface area contributed by atoms with Crippen LogP contribution in [0.5, 0.6) is 0 Å². The first kappa shape index (κ1) is 21.6. The predicted molar refractivity (Wildman–Crippen MR) is 120 cm³/mol. The number of nitrogens with zero attached hydrogens (tertiary/aromatic N) is 5. The van der Waals surface area contributed by atoms with Gasteiger partial charge in [0.15, 0.2) is 5.82 Å². The molecule has 0 spiro atoms. The van der Waals surface area contributed by atoms with Crippen molar-refractivity contribution in [1.29, 1.82) is 0 Å². The van der Waals surface area contributed by atoms with E-state index >= 15 is 0 Å². The lowest BCUT2D eigenvalue weighted by atomic mass is 9.93. The Morgan fingerprint density at radius 3 is 2.71 bits per heavy atom. The molecule has 0 radical (unpaired) electrons. The minimum absolute atomic E-state index is 0.0130.